The van der Waals surface area contributed by atoms with Gasteiger partial charge < -0.3 is 14.5 Å². The van der Waals surface area contributed by atoms with Gasteiger partial charge >= 0.3 is 0 Å². The Bertz CT molecular complexity index is 662. The van der Waals surface area contributed by atoms with Crippen LogP contribution in [0.25, 0.3) is 11.3 Å². The van der Waals surface area contributed by atoms with Gasteiger partial charge in [-0.2, -0.15) is 0 Å². The monoisotopic (exact) mass is 333 g/mol. The Hall–Kier alpha value is -1.78. The zero-order valence-electron chi connectivity index (χ0n) is 12.9. The van der Waals surface area contributed by atoms with Gasteiger partial charge in [0, 0.05) is 25.3 Å². The summed E-state index contributed by atoms with van der Waals surface area (Å²) in [5, 5.41) is 3.51. The fourth-order valence-corrected chi connectivity index (χ4v) is 3.01. The van der Waals surface area contributed by atoms with Crippen molar-refractivity contribution in [1.29, 1.82) is 0 Å². The van der Waals surface area contributed by atoms with E-state index < -0.39 is 0 Å². The van der Waals surface area contributed by atoms with Crippen LogP contribution >= 0.6 is 11.6 Å². The number of furan rings is 1. The number of nitrogens with one attached hydrogen (secondary N) is 1. The highest BCUT2D eigenvalue weighted by Crippen LogP contribution is 2.29. The van der Waals surface area contributed by atoms with Gasteiger partial charge in [0.2, 0.25) is 0 Å². The Morgan fingerprint density at radius 3 is 2.91 bits per heavy atom. The minimum absolute atomic E-state index is 0.194. The number of hydrogen-bond donors (Lipinski definition) is 1. The van der Waals surface area contributed by atoms with E-state index in [4.69, 9.17) is 20.8 Å². The molecule has 1 atom stereocenters. The molecule has 1 aliphatic heterocycles. The Labute approximate surface area is 140 Å². The van der Waals surface area contributed by atoms with Gasteiger partial charge in [-0.1, -0.05) is 23.7 Å². The topological polar surface area (TPSA) is 51.5 Å². The molecule has 122 valence electrons. The highest BCUT2D eigenvalue weighted by molar-refractivity contribution is 6.33. The zero-order valence-corrected chi connectivity index (χ0v) is 13.6. The lowest BCUT2D eigenvalue weighted by Crippen LogP contribution is -2.27. The SMILES string of the molecule is O=C(NCC[C@@H]1CCCOC1)c1ccc(-c2ccccc2Cl)o1. The Morgan fingerprint density at radius 2 is 2.13 bits per heavy atom. The van der Waals surface area contributed by atoms with Crippen LogP contribution in [0.5, 0.6) is 0 Å². The number of halogens is 1. The summed E-state index contributed by atoms with van der Waals surface area (Å²) < 4.78 is 11.1. The highest BCUT2D eigenvalue weighted by atomic mass is 35.5. The van der Waals surface area contributed by atoms with Crippen molar-refractivity contribution in [2.75, 3.05) is 19.8 Å². The number of benzene rings is 1. The molecular weight excluding hydrogens is 314 g/mol. The first kappa shape index (κ1) is 16.1. The van der Waals surface area contributed by atoms with Crippen LogP contribution in [-0.4, -0.2) is 25.7 Å². The van der Waals surface area contributed by atoms with Gasteiger partial charge in [-0.3, -0.25) is 4.79 Å². The quantitative estimate of drug-likeness (QED) is 0.894. The van der Waals surface area contributed by atoms with E-state index in [1.165, 1.54) is 6.42 Å². The third-order valence-corrected chi connectivity index (χ3v) is 4.39. The van der Waals surface area contributed by atoms with Crippen LogP contribution in [0.2, 0.25) is 5.02 Å². The first-order valence-electron chi connectivity index (χ1n) is 7.95. The molecule has 4 nitrogen and oxygen atoms in total. The molecule has 2 aromatic rings. The Morgan fingerprint density at radius 1 is 1.26 bits per heavy atom. The summed E-state index contributed by atoms with van der Waals surface area (Å²) in [5.41, 5.74) is 0.785. The van der Waals surface area contributed by atoms with E-state index in [-0.39, 0.29) is 5.91 Å². The van der Waals surface area contributed by atoms with E-state index in [1.54, 1.807) is 18.2 Å². The van der Waals surface area contributed by atoms with Gasteiger partial charge in [-0.05, 0) is 49.4 Å². The summed E-state index contributed by atoms with van der Waals surface area (Å²) in [4.78, 5) is 12.1. The van der Waals surface area contributed by atoms with Crippen LogP contribution in [0.1, 0.15) is 29.8 Å². The maximum atomic E-state index is 12.1. The second-order valence-corrected chi connectivity index (χ2v) is 6.18. The van der Waals surface area contributed by atoms with Crippen LogP contribution in [0, 0.1) is 5.92 Å². The number of hydrogen-bond acceptors (Lipinski definition) is 3. The molecule has 0 radical (unpaired) electrons. The first-order valence-corrected chi connectivity index (χ1v) is 8.32. The number of amides is 1. The highest BCUT2D eigenvalue weighted by Gasteiger charge is 2.16. The van der Waals surface area contributed by atoms with Crippen molar-refractivity contribution in [1.82, 2.24) is 5.32 Å². The number of ether oxygens (including phenoxy) is 1. The fourth-order valence-electron chi connectivity index (χ4n) is 2.78. The largest absolute Gasteiger partial charge is 0.451 e. The van der Waals surface area contributed by atoms with E-state index in [0.29, 0.717) is 29.0 Å². The summed E-state index contributed by atoms with van der Waals surface area (Å²) in [6, 6.07) is 10.9. The van der Waals surface area contributed by atoms with E-state index in [9.17, 15) is 4.79 Å². The lowest BCUT2D eigenvalue weighted by atomic mass is 9.99. The fraction of sp³-hybridized carbons (Fsp3) is 0.389. The van der Waals surface area contributed by atoms with Crippen molar-refractivity contribution in [3.8, 4) is 11.3 Å². The predicted octanol–water partition coefficient (Wildman–Crippen LogP) is 4.15. The van der Waals surface area contributed by atoms with Crippen LogP contribution in [0.3, 0.4) is 0 Å². The molecule has 3 rings (SSSR count). The van der Waals surface area contributed by atoms with Gasteiger partial charge in [-0.25, -0.2) is 0 Å². The molecule has 1 aromatic carbocycles. The Balaban J connectivity index is 1.55. The van der Waals surface area contributed by atoms with E-state index in [1.807, 2.05) is 18.2 Å². The average molecular weight is 334 g/mol. The maximum Gasteiger partial charge on any atom is 0.287 e. The molecular formula is C18H20ClNO3. The number of carbonyl (C=O) groups is 1. The van der Waals surface area contributed by atoms with E-state index in [2.05, 4.69) is 5.32 Å². The zero-order chi connectivity index (χ0) is 16.1. The molecule has 2 heterocycles. The molecule has 1 saturated heterocycles. The minimum atomic E-state index is -0.194. The van der Waals surface area contributed by atoms with Crippen molar-refractivity contribution < 1.29 is 13.9 Å². The van der Waals surface area contributed by atoms with E-state index >= 15 is 0 Å². The lowest BCUT2D eigenvalue weighted by molar-refractivity contribution is 0.0513. The van der Waals surface area contributed by atoms with Gasteiger partial charge in [-0.15, -0.1) is 0 Å². The van der Waals surface area contributed by atoms with Crippen LogP contribution in [0.4, 0.5) is 0 Å². The molecule has 0 spiro atoms. The van der Waals surface area contributed by atoms with Gasteiger partial charge in [0.25, 0.3) is 5.91 Å². The lowest BCUT2D eigenvalue weighted by Gasteiger charge is -2.21. The van der Waals surface area contributed by atoms with Crippen molar-refractivity contribution in [3.05, 3.63) is 47.2 Å². The normalized spacial score (nSPS) is 17.9. The summed E-state index contributed by atoms with van der Waals surface area (Å²) in [7, 11) is 0. The first-order chi connectivity index (χ1) is 11.2. The molecule has 0 bridgehead atoms. The van der Waals surface area contributed by atoms with Crippen molar-refractivity contribution in [2.45, 2.75) is 19.3 Å². The predicted molar refractivity (Wildman–Crippen MR) is 89.6 cm³/mol. The van der Waals surface area contributed by atoms with Gasteiger partial charge in [0.1, 0.15) is 5.76 Å². The molecule has 1 amide bonds. The molecule has 0 unspecified atom stereocenters. The van der Waals surface area contributed by atoms with Crippen LogP contribution < -0.4 is 5.32 Å². The summed E-state index contributed by atoms with van der Waals surface area (Å²) in [5.74, 6) is 1.25. The molecule has 5 heteroatoms. The molecule has 0 aliphatic carbocycles. The molecule has 1 fully saturated rings. The second kappa shape index (κ2) is 7.66. The van der Waals surface area contributed by atoms with Crippen LogP contribution in [-0.2, 0) is 4.74 Å². The van der Waals surface area contributed by atoms with Crippen molar-refractivity contribution >= 4 is 17.5 Å². The molecule has 23 heavy (non-hydrogen) atoms. The smallest absolute Gasteiger partial charge is 0.287 e. The number of rotatable bonds is 5. The third-order valence-electron chi connectivity index (χ3n) is 4.06. The minimum Gasteiger partial charge on any atom is -0.451 e. The standard InChI is InChI=1S/C18H20ClNO3/c19-15-6-2-1-5-14(15)16-7-8-17(23-16)18(21)20-10-9-13-4-3-11-22-12-13/h1-2,5-8,13H,3-4,9-12H2,(H,20,21)/t13-/m0/s1. The average Bonchev–Trinajstić information content (AvgIpc) is 3.06. The van der Waals surface area contributed by atoms with Crippen molar-refractivity contribution in [2.24, 2.45) is 5.92 Å². The number of carbonyl (C=O) groups excluding carboxylic acids is 1. The third kappa shape index (κ3) is 4.15. The summed E-state index contributed by atoms with van der Waals surface area (Å²) >= 11 is 6.14. The molecule has 0 saturated carbocycles. The van der Waals surface area contributed by atoms with Crippen molar-refractivity contribution in [3.63, 3.8) is 0 Å². The molecule has 1 N–H and O–H groups in total. The van der Waals surface area contributed by atoms with Crippen LogP contribution in [0.15, 0.2) is 40.8 Å². The summed E-state index contributed by atoms with van der Waals surface area (Å²) in [6.07, 6.45) is 3.22. The summed E-state index contributed by atoms with van der Waals surface area (Å²) in [6.45, 7) is 2.29. The van der Waals surface area contributed by atoms with E-state index in [0.717, 1.165) is 31.6 Å². The van der Waals surface area contributed by atoms with Gasteiger partial charge in [0.05, 0.1) is 5.02 Å². The van der Waals surface area contributed by atoms with Gasteiger partial charge in [0.15, 0.2) is 5.76 Å². The molecule has 1 aromatic heterocycles. The Kier molecular flexibility index (Phi) is 5.36. The maximum absolute atomic E-state index is 12.1. The molecule has 1 aliphatic rings. The second-order valence-electron chi connectivity index (χ2n) is 5.77.